The van der Waals surface area contributed by atoms with E-state index in [9.17, 15) is 4.79 Å². The van der Waals surface area contributed by atoms with Crippen molar-refractivity contribution in [3.63, 3.8) is 0 Å². The van der Waals surface area contributed by atoms with Crippen LogP contribution in [0.15, 0.2) is 36.7 Å². The van der Waals surface area contributed by atoms with Crippen molar-refractivity contribution >= 4 is 11.7 Å². The van der Waals surface area contributed by atoms with E-state index in [-0.39, 0.29) is 11.8 Å². The lowest BCUT2D eigenvalue weighted by atomic mass is 10.1. The van der Waals surface area contributed by atoms with Crippen LogP contribution in [0.4, 0.5) is 5.82 Å². The molecule has 0 saturated carbocycles. The fourth-order valence-electron chi connectivity index (χ4n) is 1.79. The molecule has 2 rings (SSSR count). The zero-order valence-electron chi connectivity index (χ0n) is 11.6. The van der Waals surface area contributed by atoms with E-state index in [4.69, 9.17) is 5.73 Å². The number of nitrogens with zero attached hydrogens (tertiary/aromatic N) is 2. The van der Waals surface area contributed by atoms with Crippen LogP contribution in [0.1, 0.15) is 41.4 Å². The van der Waals surface area contributed by atoms with Crippen LogP contribution in [0.2, 0.25) is 0 Å². The van der Waals surface area contributed by atoms with Crippen LogP contribution in [0.25, 0.3) is 0 Å². The molecule has 0 spiro atoms. The summed E-state index contributed by atoms with van der Waals surface area (Å²) in [5.41, 5.74) is 8.10. The highest BCUT2D eigenvalue weighted by molar-refractivity contribution is 5.94. The van der Waals surface area contributed by atoms with E-state index in [1.807, 2.05) is 26.0 Å². The molecule has 0 atom stereocenters. The number of hydrogen-bond donors (Lipinski definition) is 2. The van der Waals surface area contributed by atoms with Crippen LogP contribution < -0.4 is 11.1 Å². The Labute approximate surface area is 118 Å². The van der Waals surface area contributed by atoms with Crippen molar-refractivity contribution in [2.45, 2.75) is 26.3 Å². The van der Waals surface area contributed by atoms with Gasteiger partial charge in [-0.1, -0.05) is 13.8 Å². The zero-order chi connectivity index (χ0) is 14.5. The molecule has 5 nitrogen and oxygen atoms in total. The zero-order valence-corrected chi connectivity index (χ0v) is 11.6. The Morgan fingerprint density at radius 3 is 2.65 bits per heavy atom. The highest BCUT2D eigenvalue weighted by Gasteiger charge is 2.10. The Kier molecular flexibility index (Phi) is 4.30. The second-order valence-corrected chi connectivity index (χ2v) is 4.90. The van der Waals surface area contributed by atoms with Gasteiger partial charge in [-0.25, -0.2) is 4.98 Å². The summed E-state index contributed by atoms with van der Waals surface area (Å²) >= 11 is 0. The molecule has 0 fully saturated rings. The van der Waals surface area contributed by atoms with Crippen molar-refractivity contribution in [1.82, 2.24) is 15.3 Å². The van der Waals surface area contributed by atoms with Gasteiger partial charge in [0.2, 0.25) is 0 Å². The van der Waals surface area contributed by atoms with E-state index in [1.165, 1.54) is 0 Å². The van der Waals surface area contributed by atoms with Crippen LogP contribution in [0.5, 0.6) is 0 Å². The first-order valence-electron chi connectivity index (χ1n) is 6.51. The van der Waals surface area contributed by atoms with Crippen molar-refractivity contribution in [2.75, 3.05) is 5.73 Å². The summed E-state index contributed by atoms with van der Waals surface area (Å²) in [7, 11) is 0. The smallest absolute Gasteiger partial charge is 0.251 e. The van der Waals surface area contributed by atoms with Crippen molar-refractivity contribution in [1.29, 1.82) is 0 Å². The molecule has 0 bridgehead atoms. The average Bonchev–Trinajstić information content (AvgIpc) is 2.45. The number of nitrogens with one attached hydrogen (secondary N) is 1. The molecular weight excluding hydrogens is 252 g/mol. The number of amides is 1. The number of anilines is 1. The molecule has 0 aliphatic heterocycles. The standard InChI is InChI=1S/C15H18N4O/c1-10(2)13-7-12(8-14(16)19-13)15(20)18-9-11-3-5-17-6-4-11/h3-8,10H,9H2,1-2H3,(H2,16,19)(H,18,20). The van der Waals surface area contributed by atoms with Crippen molar-refractivity contribution in [3.8, 4) is 0 Å². The van der Waals surface area contributed by atoms with Gasteiger partial charge in [-0.2, -0.15) is 0 Å². The van der Waals surface area contributed by atoms with E-state index in [1.54, 1.807) is 24.5 Å². The van der Waals surface area contributed by atoms with Crippen LogP contribution in [-0.2, 0) is 6.54 Å². The van der Waals surface area contributed by atoms with Crippen LogP contribution in [0.3, 0.4) is 0 Å². The largest absolute Gasteiger partial charge is 0.384 e. The molecule has 0 unspecified atom stereocenters. The van der Waals surface area contributed by atoms with Gasteiger partial charge in [-0.05, 0) is 35.7 Å². The third-order valence-corrected chi connectivity index (χ3v) is 2.92. The molecule has 0 saturated heterocycles. The van der Waals surface area contributed by atoms with Gasteiger partial charge < -0.3 is 11.1 Å². The molecular formula is C15H18N4O. The van der Waals surface area contributed by atoms with E-state index in [2.05, 4.69) is 15.3 Å². The summed E-state index contributed by atoms with van der Waals surface area (Å²) < 4.78 is 0. The number of aromatic nitrogens is 2. The molecule has 0 aromatic carbocycles. The molecule has 5 heteroatoms. The van der Waals surface area contributed by atoms with Gasteiger partial charge in [0.1, 0.15) is 5.82 Å². The number of rotatable bonds is 4. The van der Waals surface area contributed by atoms with E-state index < -0.39 is 0 Å². The lowest BCUT2D eigenvalue weighted by Gasteiger charge is -2.09. The second-order valence-electron chi connectivity index (χ2n) is 4.90. The Bertz CT molecular complexity index is 596. The first-order valence-corrected chi connectivity index (χ1v) is 6.51. The van der Waals surface area contributed by atoms with Gasteiger partial charge >= 0.3 is 0 Å². The molecule has 2 heterocycles. The SMILES string of the molecule is CC(C)c1cc(C(=O)NCc2ccncc2)cc(N)n1. The molecule has 20 heavy (non-hydrogen) atoms. The predicted molar refractivity (Wildman–Crippen MR) is 78.1 cm³/mol. The van der Waals surface area contributed by atoms with E-state index in [0.717, 1.165) is 11.3 Å². The molecule has 3 N–H and O–H groups in total. The minimum Gasteiger partial charge on any atom is -0.384 e. The summed E-state index contributed by atoms with van der Waals surface area (Å²) in [6, 6.07) is 7.10. The lowest BCUT2D eigenvalue weighted by molar-refractivity contribution is 0.0950. The molecule has 2 aromatic heterocycles. The number of carbonyl (C=O) groups excluding carboxylic acids is 1. The highest BCUT2D eigenvalue weighted by Crippen LogP contribution is 2.16. The Morgan fingerprint density at radius 2 is 2.00 bits per heavy atom. The van der Waals surface area contributed by atoms with E-state index in [0.29, 0.717) is 17.9 Å². The van der Waals surface area contributed by atoms with Gasteiger partial charge in [0.15, 0.2) is 0 Å². The van der Waals surface area contributed by atoms with Gasteiger partial charge in [0.05, 0.1) is 0 Å². The topological polar surface area (TPSA) is 80.9 Å². The molecule has 0 aliphatic carbocycles. The van der Waals surface area contributed by atoms with Crippen molar-refractivity contribution < 1.29 is 4.79 Å². The third kappa shape index (κ3) is 3.54. The maximum atomic E-state index is 12.1. The van der Waals surface area contributed by atoms with E-state index >= 15 is 0 Å². The number of carbonyl (C=O) groups is 1. The summed E-state index contributed by atoms with van der Waals surface area (Å²) in [5.74, 6) is 0.438. The monoisotopic (exact) mass is 270 g/mol. The Balaban J connectivity index is 2.09. The second kappa shape index (κ2) is 6.14. The minimum atomic E-state index is -0.155. The van der Waals surface area contributed by atoms with Gasteiger partial charge in [-0.3, -0.25) is 9.78 Å². The average molecular weight is 270 g/mol. The maximum Gasteiger partial charge on any atom is 0.251 e. The number of nitrogens with two attached hydrogens (primary N) is 1. The Hall–Kier alpha value is -2.43. The van der Waals surface area contributed by atoms with Crippen molar-refractivity contribution in [2.24, 2.45) is 0 Å². The first kappa shape index (κ1) is 14.0. The van der Waals surface area contributed by atoms with Gasteiger partial charge in [0, 0.05) is 30.2 Å². The normalized spacial score (nSPS) is 10.6. The summed E-state index contributed by atoms with van der Waals surface area (Å²) in [5, 5.41) is 2.86. The van der Waals surface area contributed by atoms with Gasteiger partial charge in [-0.15, -0.1) is 0 Å². The molecule has 1 amide bonds. The fourth-order valence-corrected chi connectivity index (χ4v) is 1.79. The minimum absolute atomic E-state index is 0.155. The van der Waals surface area contributed by atoms with Crippen LogP contribution >= 0.6 is 0 Å². The quantitative estimate of drug-likeness (QED) is 0.891. The van der Waals surface area contributed by atoms with Crippen LogP contribution in [0, 0.1) is 0 Å². The van der Waals surface area contributed by atoms with Crippen LogP contribution in [-0.4, -0.2) is 15.9 Å². The predicted octanol–water partition coefficient (Wildman–Crippen LogP) is 2.11. The molecule has 0 aliphatic rings. The maximum absolute atomic E-state index is 12.1. The summed E-state index contributed by atoms with van der Waals surface area (Å²) in [6.07, 6.45) is 3.39. The van der Waals surface area contributed by atoms with Crippen molar-refractivity contribution in [3.05, 3.63) is 53.5 Å². The first-order chi connectivity index (χ1) is 9.56. The molecule has 0 radical (unpaired) electrons. The number of pyridine rings is 2. The number of nitrogen functional groups attached to an aromatic ring is 1. The fraction of sp³-hybridized carbons (Fsp3) is 0.267. The Morgan fingerprint density at radius 1 is 1.30 bits per heavy atom. The third-order valence-electron chi connectivity index (χ3n) is 2.92. The summed E-state index contributed by atoms with van der Waals surface area (Å²) in [6.45, 7) is 4.49. The molecule has 104 valence electrons. The summed E-state index contributed by atoms with van der Waals surface area (Å²) in [4.78, 5) is 20.3. The lowest BCUT2D eigenvalue weighted by Crippen LogP contribution is -2.23. The molecule has 2 aromatic rings. The number of hydrogen-bond acceptors (Lipinski definition) is 4. The van der Waals surface area contributed by atoms with Gasteiger partial charge in [0.25, 0.3) is 5.91 Å². The highest BCUT2D eigenvalue weighted by atomic mass is 16.1.